The molecular weight excluding hydrogens is 480 g/mol. The molecule has 4 nitrogen and oxygen atoms in total. The molecule has 0 unspecified atom stereocenters. The van der Waals surface area contributed by atoms with Crippen LogP contribution in [0.4, 0.5) is 0 Å². The summed E-state index contributed by atoms with van der Waals surface area (Å²) in [5.41, 5.74) is 7.50. The first-order valence-electron chi connectivity index (χ1n) is 13.1. The molecule has 188 valence electrons. The van der Waals surface area contributed by atoms with E-state index in [4.69, 9.17) is 0 Å². The molecule has 0 saturated heterocycles. The van der Waals surface area contributed by atoms with Crippen LogP contribution in [0.15, 0.2) is 114 Å². The van der Waals surface area contributed by atoms with Crippen molar-refractivity contribution in [3.8, 4) is 11.1 Å². The highest BCUT2D eigenvalue weighted by molar-refractivity contribution is 6.31. The fourth-order valence-corrected chi connectivity index (χ4v) is 6.08. The summed E-state index contributed by atoms with van der Waals surface area (Å²) in [7, 11) is 3.54. The minimum Gasteiger partial charge on any atom is -0.310 e. The van der Waals surface area contributed by atoms with Crippen LogP contribution < -0.4 is 0 Å². The first-order valence-corrected chi connectivity index (χ1v) is 13.1. The standard InChI is InChI=1S/C35H26N2O2/c1-21-15-17-23(18-16-21)25-19-20-29(27-13-7-6-12-26(25)27)33-31-30(34(38)37(33)3)32(36(2)35(31)39)28-14-8-10-22-9-4-5-11-24(22)28/h4-20H,1-3H3. The van der Waals surface area contributed by atoms with Gasteiger partial charge < -0.3 is 9.80 Å². The molecule has 0 aliphatic carbocycles. The molecule has 0 N–H and O–H groups in total. The van der Waals surface area contributed by atoms with Gasteiger partial charge in [-0.3, -0.25) is 9.59 Å². The summed E-state index contributed by atoms with van der Waals surface area (Å²) in [6, 6.07) is 35.0. The zero-order valence-electron chi connectivity index (χ0n) is 22.0. The van der Waals surface area contributed by atoms with Gasteiger partial charge in [0.25, 0.3) is 11.8 Å². The number of fused-ring (bicyclic) bond motifs is 3. The Kier molecular flexibility index (Phi) is 5.07. The number of nitrogens with zero attached hydrogens (tertiary/aromatic N) is 2. The Bertz CT molecular complexity index is 1920. The number of aryl methyl sites for hydroxylation is 1. The molecule has 5 aromatic rings. The summed E-state index contributed by atoms with van der Waals surface area (Å²) in [6.45, 7) is 2.08. The van der Waals surface area contributed by atoms with Crippen molar-refractivity contribution in [2.45, 2.75) is 6.92 Å². The lowest BCUT2D eigenvalue weighted by Gasteiger charge is -2.22. The maximum atomic E-state index is 13.9. The van der Waals surface area contributed by atoms with Crippen molar-refractivity contribution in [1.82, 2.24) is 9.80 Å². The Morgan fingerprint density at radius 3 is 1.62 bits per heavy atom. The molecule has 2 aliphatic rings. The van der Waals surface area contributed by atoms with E-state index in [0.29, 0.717) is 22.5 Å². The average molecular weight is 507 g/mol. The highest BCUT2D eigenvalue weighted by atomic mass is 16.2. The monoisotopic (exact) mass is 506 g/mol. The van der Waals surface area contributed by atoms with E-state index in [1.165, 1.54) is 5.56 Å². The first-order chi connectivity index (χ1) is 19.0. The summed E-state index contributed by atoms with van der Waals surface area (Å²) < 4.78 is 0. The maximum Gasteiger partial charge on any atom is 0.261 e. The van der Waals surface area contributed by atoms with Crippen molar-refractivity contribution in [2.75, 3.05) is 14.1 Å². The predicted molar refractivity (Wildman–Crippen MR) is 157 cm³/mol. The average Bonchev–Trinajstić information content (AvgIpc) is 3.37. The molecule has 0 aromatic heterocycles. The fraction of sp³-hybridized carbons (Fsp3) is 0.0857. The van der Waals surface area contributed by atoms with Crippen LogP contribution in [-0.2, 0) is 9.59 Å². The number of carbonyl (C=O) groups excluding carboxylic acids is 2. The molecule has 5 aromatic carbocycles. The first kappa shape index (κ1) is 23.2. The minimum absolute atomic E-state index is 0.160. The van der Waals surface area contributed by atoms with Gasteiger partial charge in [-0.2, -0.15) is 0 Å². The van der Waals surface area contributed by atoms with E-state index in [1.54, 1.807) is 23.9 Å². The Morgan fingerprint density at radius 1 is 0.487 bits per heavy atom. The van der Waals surface area contributed by atoms with E-state index in [-0.39, 0.29) is 11.8 Å². The van der Waals surface area contributed by atoms with E-state index in [1.807, 2.05) is 54.6 Å². The number of carbonyl (C=O) groups is 2. The van der Waals surface area contributed by atoms with Gasteiger partial charge in [-0.05, 0) is 39.6 Å². The fourth-order valence-electron chi connectivity index (χ4n) is 6.08. The summed E-state index contributed by atoms with van der Waals surface area (Å²) in [5, 5.41) is 4.17. The Morgan fingerprint density at radius 2 is 0.974 bits per heavy atom. The van der Waals surface area contributed by atoms with Gasteiger partial charge in [-0.25, -0.2) is 0 Å². The van der Waals surface area contributed by atoms with E-state index >= 15 is 0 Å². The van der Waals surface area contributed by atoms with Gasteiger partial charge in [0, 0.05) is 25.2 Å². The van der Waals surface area contributed by atoms with Crippen molar-refractivity contribution in [2.24, 2.45) is 0 Å². The van der Waals surface area contributed by atoms with E-state index < -0.39 is 0 Å². The van der Waals surface area contributed by atoms with Crippen molar-refractivity contribution >= 4 is 44.8 Å². The highest BCUT2D eigenvalue weighted by Gasteiger charge is 2.47. The molecule has 4 heteroatoms. The van der Waals surface area contributed by atoms with Gasteiger partial charge in [0.1, 0.15) is 0 Å². The Hall–Kier alpha value is -4.96. The van der Waals surface area contributed by atoms with Crippen LogP contribution in [0.1, 0.15) is 16.7 Å². The van der Waals surface area contributed by atoms with Crippen LogP contribution in [0.5, 0.6) is 0 Å². The topological polar surface area (TPSA) is 40.6 Å². The molecule has 0 atom stereocenters. The molecule has 0 radical (unpaired) electrons. The third-order valence-corrected chi connectivity index (χ3v) is 8.02. The molecular formula is C35H26N2O2. The van der Waals surface area contributed by atoms with Crippen LogP contribution in [0, 0.1) is 6.92 Å². The van der Waals surface area contributed by atoms with E-state index in [9.17, 15) is 9.59 Å². The third-order valence-electron chi connectivity index (χ3n) is 8.02. The molecule has 0 saturated carbocycles. The predicted octanol–water partition coefficient (Wildman–Crippen LogP) is 7.03. The summed E-state index contributed by atoms with van der Waals surface area (Å²) in [6.07, 6.45) is 0. The van der Waals surface area contributed by atoms with Gasteiger partial charge in [0.2, 0.25) is 0 Å². The SMILES string of the molecule is Cc1ccc(-c2ccc(C3=C4C(=O)N(C)C(c5cccc6ccccc56)=C4C(=O)N3C)c3ccccc23)cc1. The number of benzene rings is 5. The minimum atomic E-state index is -0.160. The normalized spacial score (nSPS) is 15.4. The van der Waals surface area contributed by atoms with E-state index in [0.717, 1.165) is 43.8 Å². The molecule has 0 bridgehead atoms. The van der Waals surface area contributed by atoms with Crippen molar-refractivity contribution in [3.63, 3.8) is 0 Å². The van der Waals surface area contributed by atoms with Crippen LogP contribution in [0.3, 0.4) is 0 Å². The maximum absolute atomic E-state index is 13.9. The van der Waals surface area contributed by atoms with Gasteiger partial charge >= 0.3 is 0 Å². The smallest absolute Gasteiger partial charge is 0.261 e. The summed E-state index contributed by atoms with van der Waals surface area (Å²) >= 11 is 0. The van der Waals surface area contributed by atoms with Crippen LogP contribution >= 0.6 is 0 Å². The molecule has 0 fully saturated rings. The second kappa shape index (κ2) is 8.53. The van der Waals surface area contributed by atoms with Crippen LogP contribution in [0.25, 0.3) is 44.1 Å². The lowest BCUT2D eigenvalue weighted by atomic mass is 9.92. The van der Waals surface area contributed by atoms with Gasteiger partial charge in [-0.1, -0.05) is 109 Å². The number of rotatable bonds is 3. The zero-order chi connectivity index (χ0) is 26.8. The summed E-state index contributed by atoms with van der Waals surface area (Å²) in [4.78, 5) is 31.1. The van der Waals surface area contributed by atoms with Gasteiger partial charge in [-0.15, -0.1) is 0 Å². The van der Waals surface area contributed by atoms with Crippen LogP contribution in [-0.4, -0.2) is 35.7 Å². The lowest BCUT2D eigenvalue weighted by Crippen LogP contribution is -2.25. The second-order valence-corrected chi connectivity index (χ2v) is 10.3. The largest absolute Gasteiger partial charge is 0.310 e. The number of hydrogen-bond donors (Lipinski definition) is 0. The zero-order valence-corrected chi connectivity index (χ0v) is 22.0. The van der Waals surface area contributed by atoms with Crippen molar-refractivity contribution in [3.05, 3.63) is 131 Å². The summed E-state index contributed by atoms with van der Waals surface area (Å²) in [5.74, 6) is -0.320. The molecule has 0 spiro atoms. The van der Waals surface area contributed by atoms with Crippen molar-refractivity contribution in [1.29, 1.82) is 0 Å². The molecule has 7 rings (SSSR count). The van der Waals surface area contributed by atoms with Gasteiger partial charge in [0.15, 0.2) is 0 Å². The molecule has 2 heterocycles. The van der Waals surface area contributed by atoms with Crippen LogP contribution in [0.2, 0.25) is 0 Å². The Labute approximate surface area is 227 Å². The molecule has 2 aliphatic heterocycles. The van der Waals surface area contributed by atoms with Crippen molar-refractivity contribution < 1.29 is 9.59 Å². The van der Waals surface area contributed by atoms with E-state index in [2.05, 4.69) is 55.5 Å². The molecule has 2 amide bonds. The highest BCUT2D eigenvalue weighted by Crippen LogP contribution is 2.48. The number of amides is 2. The lowest BCUT2D eigenvalue weighted by molar-refractivity contribution is -0.123. The quantitative estimate of drug-likeness (QED) is 0.263. The molecule has 39 heavy (non-hydrogen) atoms. The number of hydrogen-bond acceptors (Lipinski definition) is 2. The Balaban J connectivity index is 1.50. The van der Waals surface area contributed by atoms with Gasteiger partial charge in [0.05, 0.1) is 22.5 Å². The number of likely N-dealkylation sites (N-methyl/N-ethyl adjacent to an activating group) is 2. The second-order valence-electron chi connectivity index (χ2n) is 10.3. The third kappa shape index (κ3) is 3.31.